The van der Waals surface area contributed by atoms with Gasteiger partial charge in [-0.3, -0.25) is 24.0 Å². The van der Waals surface area contributed by atoms with Crippen molar-refractivity contribution in [1.29, 1.82) is 0 Å². The van der Waals surface area contributed by atoms with Crippen LogP contribution >= 0.6 is 0 Å². The van der Waals surface area contributed by atoms with E-state index in [0.29, 0.717) is 39.0 Å². The summed E-state index contributed by atoms with van der Waals surface area (Å²) in [4.78, 5) is 54.2. The van der Waals surface area contributed by atoms with E-state index in [-0.39, 0.29) is 18.3 Å². The van der Waals surface area contributed by atoms with E-state index >= 15 is 4.39 Å². The number of halogens is 2. The second-order valence-corrected chi connectivity index (χ2v) is 21.3. The van der Waals surface area contributed by atoms with Gasteiger partial charge in [0.25, 0.3) is 12.9 Å². The molecule has 17 heteroatoms. The first-order valence-corrected chi connectivity index (χ1v) is 29.4. The molecule has 0 saturated carbocycles. The van der Waals surface area contributed by atoms with E-state index in [1.54, 1.807) is 0 Å². The number of aliphatic hydroxyl groups excluding tert-OH is 3. The highest BCUT2D eigenvalue weighted by atomic mass is 19.1. The molecule has 0 radical (unpaired) electrons. The Morgan fingerprint density at radius 3 is 1.04 bits per heavy atom. The van der Waals surface area contributed by atoms with Crippen LogP contribution in [0.3, 0.4) is 0 Å². The number of alkyl halides is 2. The molecule has 0 bridgehead atoms. The van der Waals surface area contributed by atoms with Crippen LogP contribution < -0.4 is 0 Å². The highest BCUT2D eigenvalue weighted by Crippen LogP contribution is 2.37. The third-order valence-electron chi connectivity index (χ3n) is 14.7. The van der Waals surface area contributed by atoms with E-state index in [1.165, 1.54) is 149 Å². The summed E-state index contributed by atoms with van der Waals surface area (Å²) < 4.78 is 65.6. The summed E-state index contributed by atoms with van der Waals surface area (Å²) in [6.45, 7) is 9.61. The van der Waals surface area contributed by atoms with Crippen LogP contribution in [-0.2, 0) is 57.1 Å². The normalized spacial score (nSPS) is 24.2. The first kappa shape index (κ1) is 70.0. The fraction of sp³-hybridized carbons (Fsp3) is 0.914. The number of rotatable bonds is 45. The minimum atomic E-state index is -1.64. The van der Waals surface area contributed by atoms with Crippen molar-refractivity contribution in [1.82, 2.24) is 0 Å². The summed E-state index contributed by atoms with van der Waals surface area (Å²) in [5, 5.41) is 29.9. The number of unbranched alkanes of at least 4 members (excludes halogenated alkanes) is 30. The second-order valence-electron chi connectivity index (χ2n) is 21.3. The molecule has 2 aliphatic rings. The Morgan fingerprint density at radius 2 is 0.707 bits per heavy atom. The van der Waals surface area contributed by atoms with Crippen LogP contribution in [-0.4, -0.2) is 121 Å². The number of esters is 3. The largest absolute Gasteiger partial charge is 0.468 e. The third-order valence-corrected chi connectivity index (χ3v) is 14.7. The van der Waals surface area contributed by atoms with Gasteiger partial charge in [-0.05, 0) is 31.6 Å². The molecule has 2 fully saturated rings. The smallest absolute Gasteiger partial charge is 0.305 e. The molecule has 75 heavy (non-hydrogen) atoms. The lowest BCUT2D eigenvalue weighted by Crippen LogP contribution is -2.60. The van der Waals surface area contributed by atoms with Crippen molar-refractivity contribution < 1.29 is 81.2 Å². The van der Waals surface area contributed by atoms with Crippen LogP contribution in [0.1, 0.15) is 253 Å². The first-order chi connectivity index (χ1) is 36.2. The molecule has 3 N–H and O–H groups in total. The Bertz CT molecular complexity index is 1430. The molecule has 2 aliphatic heterocycles. The lowest BCUT2D eigenvalue weighted by molar-refractivity contribution is -0.297. The quantitative estimate of drug-likeness (QED) is 0.0224. The molecule has 2 saturated heterocycles. The van der Waals surface area contributed by atoms with E-state index in [2.05, 4.69) is 4.74 Å². The molecular weight excluding hydrogens is 975 g/mol. The van der Waals surface area contributed by atoms with Gasteiger partial charge < -0.3 is 48.5 Å². The van der Waals surface area contributed by atoms with Crippen LogP contribution in [0.2, 0.25) is 0 Å². The van der Waals surface area contributed by atoms with E-state index in [0.717, 1.165) is 71.1 Å². The number of carbonyl (C=O) groups excluding carboxylic acids is 5. The fourth-order valence-electron chi connectivity index (χ4n) is 10.1. The standard InChI is InChI=1S/C31H55FO7.C27H49FO8/c1-24-25(2)30(37-26(3)34)31(38-27(4)35)39-29(24)28(32)21-19-17-15-13-11-9-7-5-6-8-10-12-14-16-18-20-22-36-23-33;1-21(30)35-27-25(33)23(31)24(32)26(36-27)22(28)18-16-14-12-10-8-6-4-2-3-5-7-9-11-13-15-17-19-34-20-29/h23-25,28-31H,5-22H2,1-4H3;20,22-27,31-33H,2-19H2,1H3/t24-,25-,28-,29?,30?,31?;22-,23-,24-,25?,26?,27?/m00/s1. The van der Waals surface area contributed by atoms with Gasteiger partial charge >= 0.3 is 17.9 Å². The molecule has 0 aliphatic carbocycles. The Morgan fingerprint density at radius 1 is 0.413 bits per heavy atom. The molecule has 0 aromatic heterocycles. The number of ether oxygens (including phenoxy) is 7. The van der Waals surface area contributed by atoms with Crippen LogP contribution in [0, 0.1) is 11.8 Å². The zero-order chi connectivity index (χ0) is 55.5. The van der Waals surface area contributed by atoms with Crippen molar-refractivity contribution in [3.05, 3.63) is 0 Å². The molecule has 12 atom stereocenters. The van der Waals surface area contributed by atoms with Crippen molar-refractivity contribution >= 4 is 30.9 Å². The molecule has 15 nitrogen and oxygen atoms in total. The lowest BCUT2D eigenvalue weighted by atomic mass is 9.81. The van der Waals surface area contributed by atoms with E-state index in [1.807, 2.05) is 13.8 Å². The van der Waals surface area contributed by atoms with Crippen molar-refractivity contribution in [2.75, 3.05) is 13.2 Å². The SMILES string of the molecule is CC(=O)OC1OC([C@@H](F)CCCCCCCCCCCCCCCCCCOC=O)[C@@H](C)[C@H](C)C1OC(C)=O.CC(=O)OC1OC([C@@H](F)CCCCCCCCCCCCCCCCCCOC=O)[C@@H](O)[C@H](O)C1O. The molecule has 0 aromatic rings. The van der Waals surface area contributed by atoms with Crippen molar-refractivity contribution in [2.24, 2.45) is 11.8 Å². The van der Waals surface area contributed by atoms with Crippen molar-refractivity contribution in [2.45, 2.75) is 314 Å². The number of hydrogen-bond donors (Lipinski definition) is 3. The van der Waals surface area contributed by atoms with E-state index in [9.17, 15) is 43.7 Å². The predicted octanol–water partition coefficient (Wildman–Crippen LogP) is 12.1. The highest BCUT2D eigenvalue weighted by Gasteiger charge is 2.49. The Labute approximate surface area is 450 Å². The fourth-order valence-corrected chi connectivity index (χ4v) is 10.1. The number of hydrogen-bond acceptors (Lipinski definition) is 15. The molecule has 0 spiro atoms. The van der Waals surface area contributed by atoms with Crippen LogP contribution in [0.15, 0.2) is 0 Å². The molecule has 2 heterocycles. The Kier molecular flexibility index (Phi) is 42.9. The van der Waals surface area contributed by atoms with Gasteiger partial charge in [-0.2, -0.15) is 0 Å². The van der Waals surface area contributed by atoms with Gasteiger partial charge in [0.15, 0.2) is 6.10 Å². The summed E-state index contributed by atoms with van der Waals surface area (Å²) >= 11 is 0. The predicted molar refractivity (Wildman–Crippen MR) is 284 cm³/mol. The zero-order valence-electron chi connectivity index (χ0n) is 47.0. The highest BCUT2D eigenvalue weighted by molar-refractivity contribution is 5.67. The summed E-state index contributed by atoms with van der Waals surface area (Å²) in [7, 11) is 0. The van der Waals surface area contributed by atoms with E-state index < -0.39 is 79.5 Å². The van der Waals surface area contributed by atoms with Crippen molar-refractivity contribution in [3.63, 3.8) is 0 Å². The molecular formula is C58H104F2O15. The average Bonchev–Trinajstić information content (AvgIpc) is 3.37. The summed E-state index contributed by atoms with van der Waals surface area (Å²) in [6.07, 6.45) is 25.3. The summed E-state index contributed by atoms with van der Waals surface area (Å²) in [5.41, 5.74) is 0. The van der Waals surface area contributed by atoms with Gasteiger partial charge in [0, 0.05) is 26.7 Å². The van der Waals surface area contributed by atoms with Crippen molar-refractivity contribution in [3.8, 4) is 0 Å². The maximum atomic E-state index is 15.1. The first-order valence-electron chi connectivity index (χ1n) is 29.4. The zero-order valence-corrected chi connectivity index (χ0v) is 47.0. The lowest BCUT2D eigenvalue weighted by Gasteiger charge is -2.44. The number of aliphatic hydroxyl groups is 3. The second kappa shape index (κ2) is 46.0. The minimum absolute atomic E-state index is 0.170. The Balaban J connectivity index is 0.000000752. The molecule has 6 unspecified atom stereocenters. The van der Waals surface area contributed by atoms with Gasteiger partial charge in [-0.25, -0.2) is 8.78 Å². The monoisotopic (exact) mass is 1080 g/mol. The van der Waals surface area contributed by atoms with Crippen LogP contribution in [0.25, 0.3) is 0 Å². The molecule has 0 amide bonds. The van der Waals surface area contributed by atoms with Gasteiger partial charge in [-0.15, -0.1) is 0 Å². The molecule has 2 rings (SSSR count). The molecule has 0 aromatic carbocycles. The topological polar surface area (TPSA) is 211 Å². The van der Waals surface area contributed by atoms with Crippen LogP contribution in [0.4, 0.5) is 8.78 Å². The maximum Gasteiger partial charge on any atom is 0.305 e. The molecule has 440 valence electrons. The van der Waals surface area contributed by atoms with E-state index in [4.69, 9.17) is 28.4 Å². The summed E-state index contributed by atoms with van der Waals surface area (Å²) in [6, 6.07) is 0. The van der Waals surface area contributed by atoms with Gasteiger partial charge in [0.05, 0.1) is 19.3 Å². The van der Waals surface area contributed by atoms with Gasteiger partial charge in [-0.1, -0.05) is 206 Å². The number of carbonyl (C=O) groups is 5. The van der Waals surface area contributed by atoms with Gasteiger partial charge in [0.1, 0.15) is 36.8 Å². The van der Waals surface area contributed by atoms with Crippen LogP contribution in [0.5, 0.6) is 0 Å². The minimum Gasteiger partial charge on any atom is -0.468 e. The average molecular weight is 1080 g/mol. The van der Waals surface area contributed by atoms with Gasteiger partial charge in [0.2, 0.25) is 12.6 Å². The maximum absolute atomic E-state index is 15.1. The third kappa shape index (κ3) is 34.5. The Hall–Kier alpha value is -2.99. The summed E-state index contributed by atoms with van der Waals surface area (Å²) in [5.74, 6) is -2.11.